The van der Waals surface area contributed by atoms with Crippen LogP contribution in [0, 0.1) is 0 Å². The fourth-order valence-electron chi connectivity index (χ4n) is 1.26. The molecule has 0 bridgehead atoms. The Hall–Kier alpha value is -1.22. The predicted octanol–water partition coefficient (Wildman–Crippen LogP) is 2.27. The molecule has 1 aromatic rings. The molecule has 0 aliphatic heterocycles. The van der Waals surface area contributed by atoms with Crippen LogP contribution in [0.3, 0.4) is 0 Å². The van der Waals surface area contributed by atoms with Crippen molar-refractivity contribution in [1.82, 2.24) is 0 Å². The third-order valence-corrected chi connectivity index (χ3v) is 2.67. The van der Waals surface area contributed by atoms with Crippen molar-refractivity contribution in [3.05, 3.63) is 24.3 Å². The predicted molar refractivity (Wildman–Crippen MR) is 62.4 cm³/mol. The zero-order chi connectivity index (χ0) is 11.3. The topological polar surface area (TPSA) is 41.5 Å². The number of aliphatic hydroxyl groups excluding tert-OH is 1. The van der Waals surface area contributed by atoms with E-state index in [-0.39, 0.29) is 12.1 Å². The maximum absolute atomic E-state index is 9.26. The van der Waals surface area contributed by atoms with E-state index in [2.05, 4.69) is 5.32 Å². The van der Waals surface area contributed by atoms with E-state index in [0.29, 0.717) is 0 Å². The monoisotopic (exact) mass is 209 g/mol. The van der Waals surface area contributed by atoms with Gasteiger partial charge in [-0.2, -0.15) is 0 Å². The molecule has 0 heterocycles. The fourth-order valence-corrected chi connectivity index (χ4v) is 1.26. The molecule has 1 rings (SSSR count). The first kappa shape index (κ1) is 11.9. The first-order valence-corrected chi connectivity index (χ1v) is 5.16. The number of hydrogen-bond acceptors (Lipinski definition) is 3. The van der Waals surface area contributed by atoms with Crippen LogP contribution in [0.4, 0.5) is 5.69 Å². The maximum atomic E-state index is 9.26. The molecule has 1 aromatic carbocycles. The van der Waals surface area contributed by atoms with Gasteiger partial charge in [0.1, 0.15) is 5.75 Å². The average molecular weight is 209 g/mol. The normalized spacial score (nSPS) is 14.4. The van der Waals surface area contributed by atoms with Gasteiger partial charge >= 0.3 is 0 Å². The highest BCUT2D eigenvalue weighted by Gasteiger charge is 2.19. The van der Waals surface area contributed by atoms with E-state index in [1.807, 2.05) is 38.1 Å². The van der Waals surface area contributed by atoms with Crippen molar-refractivity contribution in [1.29, 1.82) is 0 Å². The Labute approximate surface area is 91.1 Å². The molecule has 84 valence electrons. The smallest absolute Gasteiger partial charge is 0.119 e. The molecule has 15 heavy (non-hydrogen) atoms. The lowest BCUT2D eigenvalue weighted by atomic mass is 10.00. The summed E-state index contributed by atoms with van der Waals surface area (Å²) < 4.78 is 5.07. The Balaban J connectivity index is 2.71. The number of ether oxygens (including phenoxy) is 1. The van der Waals surface area contributed by atoms with E-state index in [1.165, 1.54) is 0 Å². The van der Waals surface area contributed by atoms with E-state index < -0.39 is 0 Å². The second-order valence-corrected chi connectivity index (χ2v) is 3.93. The van der Waals surface area contributed by atoms with Crippen molar-refractivity contribution in [3.8, 4) is 5.75 Å². The zero-order valence-corrected chi connectivity index (χ0v) is 9.58. The summed E-state index contributed by atoms with van der Waals surface area (Å²) in [5.74, 6) is 0.836. The number of anilines is 1. The van der Waals surface area contributed by atoms with Gasteiger partial charge in [0.05, 0.1) is 19.3 Å². The number of nitrogens with one attached hydrogen (secondary N) is 1. The van der Waals surface area contributed by atoms with Crippen molar-refractivity contribution in [2.45, 2.75) is 25.8 Å². The van der Waals surface area contributed by atoms with Crippen LogP contribution < -0.4 is 10.1 Å². The summed E-state index contributed by atoms with van der Waals surface area (Å²) >= 11 is 0. The summed E-state index contributed by atoms with van der Waals surface area (Å²) in [5, 5.41) is 12.6. The number of rotatable bonds is 5. The minimum Gasteiger partial charge on any atom is -0.497 e. The third kappa shape index (κ3) is 3.13. The summed E-state index contributed by atoms with van der Waals surface area (Å²) in [6, 6.07) is 7.69. The molecule has 0 saturated carbocycles. The van der Waals surface area contributed by atoms with Crippen molar-refractivity contribution < 1.29 is 9.84 Å². The van der Waals surface area contributed by atoms with Gasteiger partial charge in [-0.25, -0.2) is 0 Å². The molecule has 3 heteroatoms. The summed E-state index contributed by atoms with van der Waals surface area (Å²) in [4.78, 5) is 0. The second-order valence-electron chi connectivity index (χ2n) is 3.93. The van der Waals surface area contributed by atoms with Gasteiger partial charge in [-0.15, -0.1) is 0 Å². The average Bonchev–Trinajstić information content (AvgIpc) is 2.30. The van der Waals surface area contributed by atoms with Crippen LogP contribution in [0.5, 0.6) is 5.75 Å². The lowest BCUT2D eigenvalue weighted by molar-refractivity contribution is 0.219. The Kier molecular flexibility index (Phi) is 3.97. The molecule has 0 aliphatic rings. The van der Waals surface area contributed by atoms with Crippen LogP contribution in [0.25, 0.3) is 0 Å². The Bertz CT molecular complexity index is 291. The number of benzene rings is 1. The van der Waals surface area contributed by atoms with Gasteiger partial charge in [-0.1, -0.05) is 6.92 Å². The van der Waals surface area contributed by atoms with Crippen molar-refractivity contribution in [3.63, 3.8) is 0 Å². The SMILES string of the molecule is CCC(C)(CO)Nc1ccc(OC)cc1. The number of methoxy groups -OCH3 is 1. The van der Waals surface area contributed by atoms with Gasteiger partial charge in [0.2, 0.25) is 0 Å². The van der Waals surface area contributed by atoms with Crippen LogP contribution in [-0.4, -0.2) is 24.4 Å². The van der Waals surface area contributed by atoms with E-state index in [4.69, 9.17) is 4.74 Å². The lowest BCUT2D eigenvalue weighted by Crippen LogP contribution is -2.37. The van der Waals surface area contributed by atoms with Crippen LogP contribution in [0.15, 0.2) is 24.3 Å². The maximum Gasteiger partial charge on any atom is 0.119 e. The molecule has 1 unspecified atom stereocenters. The fraction of sp³-hybridized carbons (Fsp3) is 0.500. The summed E-state index contributed by atoms with van der Waals surface area (Å²) in [7, 11) is 1.65. The molecule has 0 aliphatic carbocycles. The molecule has 1 atom stereocenters. The number of hydrogen-bond donors (Lipinski definition) is 2. The molecule has 3 nitrogen and oxygen atoms in total. The van der Waals surface area contributed by atoms with Crippen LogP contribution in [0.2, 0.25) is 0 Å². The molecular weight excluding hydrogens is 190 g/mol. The highest BCUT2D eigenvalue weighted by molar-refractivity contribution is 5.48. The standard InChI is InChI=1S/C12H19NO2/c1-4-12(2,9-14)13-10-5-7-11(15-3)8-6-10/h5-8,13-14H,4,9H2,1-3H3. The molecule has 0 spiro atoms. The largest absolute Gasteiger partial charge is 0.497 e. The third-order valence-electron chi connectivity index (χ3n) is 2.67. The highest BCUT2D eigenvalue weighted by Crippen LogP contribution is 2.20. The minimum absolute atomic E-state index is 0.121. The molecule has 0 amide bonds. The quantitative estimate of drug-likeness (QED) is 0.781. The summed E-state index contributed by atoms with van der Waals surface area (Å²) in [6.45, 7) is 4.17. The molecule has 0 saturated heterocycles. The first-order valence-electron chi connectivity index (χ1n) is 5.16. The van der Waals surface area contributed by atoms with Crippen molar-refractivity contribution in [2.24, 2.45) is 0 Å². The van der Waals surface area contributed by atoms with Gasteiger partial charge in [-0.05, 0) is 37.6 Å². The zero-order valence-electron chi connectivity index (χ0n) is 9.58. The summed E-state index contributed by atoms with van der Waals surface area (Å²) in [5.41, 5.74) is 0.739. The van der Waals surface area contributed by atoms with Gasteiger partial charge in [0.15, 0.2) is 0 Å². The van der Waals surface area contributed by atoms with Crippen LogP contribution >= 0.6 is 0 Å². The van der Waals surface area contributed by atoms with Gasteiger partial charge in [-0.3, -0.25) is 0 Å². The highest BCUT2D eigenvalue weighted by atomic mass is 16.5. The molecule has 2 N–H and O–H groups in total. The van der Waals surface area contributed by atoms with Crippen molar-refractivity contribution >= 4 is 5.69 Å². The van der Waals surface area contributed by atoms with Gasteiger partial charge in [0.25, 0.3) is 0 Å². The molecule has 0 aromatic heterocycles. The summed E-state index contributed by atoms with van der Waals surface area (Å²) in [6.07, 6.45) is 0.871. The van der Waals surface area contributed by atoms with E-state index in [0.717, 1.165) is 17.9 Å². The Morgan fingerprint density at radius 3 is 2.33 bits per heavy atom. The van der Waals surface area contributed by atoms with Gasteiger partial charge < -0.3 is 15.2 Å². The molecular formula is C12H19NO2. The number of aliphatic hydroxyl groups is 1. The van der Waals surface area contributed by atoms with Crippen molar-refractivity contribution in [2.75, 3.05) is 19.0 Å². The second kappa shape index (κ2) is 5.03. The molecule has 0 radical (unpaired) electrons. The Morgan fingerprint density at radius 2 is 1.93 bits per heavy atom. The van der Waals surface area contributed by atoms with E-state index in [1.54, 1.807) is 7.11 Å². The van der Waals surface area contributed by atoms with E-state index >= 15 is 0 Å². The van der Waals surface area contributed by atoms with Crippen LogP contribution in [-0.2, 0) is 0 Å². The minimum atomic E-state index is -0.255. The molecule has 0 fully saturated rings. The van der Waals surface area contributed by atoms with E-state index in [9.17, 15) is 5.11 Å². The lowest BCUT2D eigenvalue weighted by Gasteiger charge is -2.28. The van der Waals surface area contributed by atoms with Gasteiger partial charge in [0, 0.05) is 5.69 Å². The Morgan fingerprint density at radius 1 is 1.33 bits per heavy atom. The van der Waals surface area contributed by atoms with Crippen LogP contribution in [0.1, 0.15) is 20.3 Å². The first-order chi connectivity index (χ1) is 7.13.